The Hall–Kier alpha value is -1.69. The molecule has 2 heterocycles. The molecule has 0 unspecified atom stereocenters. The van der Waals surface area contributed by atoms with Crippen LogP contribution in [0.2, 0.25) is 0 Å². The molecule has 0 bridgehead atoms. The van der Waals surface area contributed by atoms with Crippen molar-refractivity contribution in [1.29, 1.82) is 0 Å². The van der Waals surface area contributed by atoms with Gasteiger partial charge in [0.2, 0.25) is 0 Å². The van der Waals surface area contributed by atoms with E-state index in [-0.39, 0.29) is 11.4 Å². The minimum Gasteiger partial charge on any atom is -0.464 e. The second-order valence-corrected chi connectivity index (χ2v) is 6.59. The molecule has 0 aliphatic carbocycles. The SMILES string of the molecule is COC(=O)c1cnc(C)n1Cc1nc(C(C)(C)C)cs1. The summed E-state index contributed by atoms with van der Waals surface area (Å²) in [5.41, 5.74) is 1.55. The molecule has 5 nitrogen and oxygen atoms in total. The van der Waals surface area contributed by atoms with Crippen LogP contribution in [0.15, 0.2) is 11.6 Å². The number of carbonyl (C=O) groups is 1. The zero-order chi connectivity index (χ0) is 14.9. The first kappa shape index (κ1) is 14.7. The number of rotatable bonds is 3. The van der Waals surface area contributed by atoms with Crippen molar-refractivity contribution < 1.29 is 9.53 Å². The predicted octanol–water partition coefficient (Wildman–Crippen LogP) is 2.78. The second kappa shape index (κ2) is 5.36. The summed E-state index contributed by atoms with van der Waals surface area (Å²) in [6.45, 7) is 8.80. The minimum atomic E-state index is -0.377. The number of carbonyl (C=O) groups excluding carboxylic acids is 1. The van der Waals surface area contributed by atoms with Gasteiger partial charge in [-0.05, 0) is 6.92 Å². The fraction of sp³-hybridized carbons (Fsp3) is 0.500. The summed E-state index contributed by atoms with van der Waals surface area (Å²) in [5, 5.41) is 3.03. The molecular weight excluding hydrogens is 274 g/mol. The van der Waals surface area contributed by atoms with Gasteiger partial charge in [0.1, 0.15) is 16.5 Å². The Balaban J connectivity index is 2.29. The third kappa shape index (κ3) is 2.90. The van der Waals surface area contributed by atoms with Crippen LogP contribution in [0.4, 0.5) is 0 Å². The van der Waals surface area contributed by atoms with E-state index in [0.717, 1.165) is 16.5 Å². The van der Waals surface area contributed by atoms with E-state index in [0.29, 0.717) is 12.2 Å². The Morgan fingerprint density at radius 1 is 1.45 bits per heavy atom. The van der Waals surface area contributed by atoms with Gasteiger partial charge in [-0.3, -0.25) is 0 Å². The average Bonchev–Trinajstić information content (AvgIpc) is 2.97. The molecule has 0 radical (unpaired) electrons. The first-order chi connectivity index (χ1) is 9.32. The van der Waals surface area contributed by atoms with Gasteiger partial charge < -0.3 is 9.30 Å². The minimum absolute atomic E-state index is 0.0317. The van der Waals surface area contributed by atoms with E-state index in [1.807, 2.05) is 11.5 Å². The standard InChI is InChI=1S/C14H19N3O2S/c1-9-15-6-10(13(18)19-5)17(9)7-12-16-11(8-20-12)14(2,3)4/h6,8H,7H2,1-5H3. The molecule has 0 saturated heterocycles. The quantitative estimate of drug-likeness (QED) is 0.817. The average molecular weight is 293 g/mol. The van der Waals surface area contributed by atoms with Gasteiger partial charge in [0.25, 0.3) is 0 Å². The van der Waals surface area contributed by atoms with E-state index in [2.05, 4.69) is 36.1 Å². The lowest BCUT2D eigenvalue weighted by molar-refractivity contribution is 0.0588. The first-order valence-electron chi connectivity index (χ1n) is 6.38. The summed E-state index contributed by atoms with van der Waals surface area (Å²) >= 11 is 1.60. The molecule has 0 N–H and O–H groups in total. The van der Waals surface area contributed by atoms with Gasteiger partial charge in [0.05, 0.1) is 25.5 Å². The lowest BCUT2D eigenvalue weighted by Gasteiger charge is -2.14. The largest absolute Gasteiger partial charge is 0.464 e. The molecule has 0 atom stereocenters. The molecule has 0 aliphatic rings. The van der Waals surface area contributed by atoms with Crippen LogP contribution in [0.5, 0.6) is 0 Å². The maximum absolute atomic E-state index is 11.7. The Labute approximate surface area is 122 Å². The van der Waals surface area contributed by atoms with Gasteiger partial charge in [-0.15, -0.1) is 11.3 Å². The fourth-order valence-corrected chi connectivity index (χ4v) is 2.81. The van der Waals surface area contributed by atoms with Crippen molar-refractivity contribution in [3.63, 3.8) is 0 Å². The van der Waals surface area contributed by atoms with Crippen LogP contribution in [0, 0.1) is 6.92 Å². The third-order valence-corrected chi connectivity index (χ3v) is 3.90. The Kier molecular flexibility index (Phi) is 3.94. The summed E-state index contributed by atoms with van der Waals surface area (Å²) in [6, 6.07) is 0. The smallest absolute Gasteiger partial charge is 0.356 e. The molecule has 6 heteroatoms. The zero-order valence-electron chi connectivity index (χ0n) is 12.4. The number of hydrogen-bond donors (Lipinski definition) is 0. The lowest BCUT2D eigenvalue weighted by atomic mass is 9.93. The van der Waals surface area contributed by atoms with Crippen LogP contribution in [-0.2, 0) is 16.7 Å². The normalized spacial score (nSPS) is 11.7. The number of aromatic nitrogens is 3. The number of imidazole rings is 1. The van der Waals surface area contributed by atoms with Gasteiger partial charge >= 0.3 is 5.97 Å². The highest BCUT2D eigenvalue weighted by molar-refractivity contribution is 7.09. The molecule has 108 valence electrons. The Bertz CT molecular complexity index is 623. The second-order valence-electron chi connectivity index (χ2n) is 5.64. The van der Waals surface area contributed by atoms with E-state index >= 15 is 0 Å². The number of thiazole rings is 1. The summed E-state index contributed by atoms with van der Waals surface area (Å²) in [6.07, 6.45) is 1.54. The molecule has 2 aromatic heterocycles. The van der Waals surface area contributed by atoms with Gasteiger partial charge in [-0.1, -0.05) is 20.8 Å². The van der Waals surface area contributed by atoms with E-state index in [4.69, 9.17) is 4.74 Å². The molecule has 0 saturated carbocycles. The van der Waals surface area contributed by atoms with Crippen molar-refractivity contribution in [2.45, 2.75) is 39.7 Å². The molecule has 2 aromatic rings. The first-order valence-corrected chi connectivity index (χ1v) is 7.26. The number of esters is 1. The van der Waals surface area contributed by atoms with Gasteiger partial charge in [-0.25, -0.2) is 14.8 Å². The Morgan fingerprint density at radius 3 is 2.70 bits per heavy atom. The maximum atomic E-state index is 11.7. The van der Waals surface area contributed by atoms with Crippen LogP contribution >= 0.6 is 11.3 Å². The number of nitrogens with zero attached hydrogens (tertiary/aromatic N) is 3. The molecule has 0 fully saturated rings. The number of hydrogen-bond acceptors (Lipinski definition) is 5. The highest BCUT2D eigenvalue weighted by Crippen LogP contribution is 2.24. The van der Waals surface area contributed by atoms with E-state index in [9.17, 15) is 4.79 Å². The predicted molar refractivity (Wildman–Crippen MR) is 78.2 cm³/mol. The molecule has 0 amide bonds. The van der Waals surface area contributed by atoms with Crippen LogP contribution in [0.1, 0.15) is 47.8 Å². The van der Waals surface area contributed by atoms with Crippen molar-refractivity contribution >= 4 is 17.3 Å². The highest BCUT2D eigenvalue weighted by Gasteiger charge is 2.19. The number of methoxy groups -OCH3 is 1. The molecular formula is C14H19N3O2S. The van der Waals surface area contributed by atoms with Crippen molar-refractivity contribution in [1.82, 2.24) is 14.5 Å². The molecule has 0 aliphatic heterocycles. The van der Waals surface area contributed by atoms with Crippen LogP contribution in [-0.4, -0.2) is 27.6 Å². The van der Waals surface area contributed by atoms with E-state index in [1.54, 1.807) is 17.5 Å². The van der Waals surface area contributed by atoms with Gasteiger partial charge in [0.15, 0.2) is 0 Å². The molecule has 0 aromatic carbocycles. The number of aryl methyl sites for hydroxylation is 1. The summed E-state index contributed by atoms with van der Waals surface area (Å²) in [4.78, 5) is 20.5. The van der Waals surface area contributed by atoms with Crippen molar-refractivity contribution in [2.24, 2.45) is 0 Å². The zero-order valence-corrected chi connectivity index (χ0v) is 13.2. The summed E-state index contributed by atoms with van der Waals surface area (Å²) < 4.78 is 6.60. The molecule has 0 spiro atoms. The van der Waals surface area contributed by atoms with Gasteiger partial charge in [-0.2, -0.15) is 0 Å². The lowest BCUT2D eigenvalue weighted by Crippen LogP contribution is -2.14. The maximum Gasteiger partial charge on any atom is 0.356 e. The van der Waals surface area contributed by atoms with Crippen LogP contribution < -0.4 is 0 Å². The Morgan fingerprint density at radius 2 is 2.15 bits per heavy atom. The van der Waals surface area contributed by atoms with Gasteiger partial charge in [0, 0.05) is 10.8 Å². The van der Waals surface area contributed by atoms with Crippen molar-refractivity contribution in [3.8, 4) is 0 Å². The summed E-state index contributed by atoms with van der Waals surface area (Å²) in [7, 11) is 1.37. The monoisotopic (exact) mass is 293 g/mol. The third-order valence-electron chi connectivity index (χ3n) is 3.06. The van der Waals surface area contributed by atoms with E-state index in [1.165, 1.54) is 7.11 Å². The number of ether oxygens (including phenoxy) is 1. The summed E-state index contributed by atoms with van der Waals surface area (Å²) in [5.74, 6) is 0.399. The van der Waals surface area contributed by atoms with Crippen LogP contribution in [0.3, 0.4) is 0 Å². The topological polar surface area (TPSA) is 57.0 Å². The van der Waals surface area contributed by atoms with Crippen molar-refractivity contribution in [2.75, 3.05) is 7.11 Å². The fourth-order valence-electron chi connectivity index (χ4n) is 1.80. The van der Waals surface area contributed by atoms with Crippen LogP contribution in [0.25, 0.3) is 0 Å². The highest BCUT2D eigenvalue weighted by atomic mass is 32.1. The van der Waals surface area contributed by atoms with Crippen molar-refractivity contribution in [3.05, 3.63) is 33.8 Å². The van der Waals surface area contributed by atoms with E-state index < -0.39 is 0 Å². The molecule has 2 rings (SSSR count). The molecule has 20 heavy (non-hydrogen) atoms.